The van der Waals surface area contributed by atoms with E-state index < -0.39 is 0 Å². The van der Waals surface area contributed by atoms with Crippen LogP contribution in [0.3, 0.4) is 0 Å². The van der Waals surface area contributed by atoms with Gasteiger partial charge < -0.3 is 15.8 Å². The van der Waals surface area contributed by atoms with Crippen LogP contribution < -0.4 is 15.8 Å². The van der Waals surface area contributed by atoms with Gasteiger partial charge in [-0.15, -0.1) is 0 Å². The summed E-state index contributed by atoms with van der Waals surface area (Å²) in [5.74, 6) is 0.240. The van der Waals surface area contributed by atoms with Crippen LogP contribution in [0, 0.1) is 6.92 Å². The molecule has 1 amide bonds. The van der Waals surface area contributed by atoms with Crippen molar-refractivity contribution in [2.75, 3.05) is 19.4 Å². The second-order valence-corrected chi connectivity index (χ2v) is 4.81. The van der Waals surface area contributed by atoms with E-state index in [-0.39, 0.29) is 5.91 Å². The number of hydrogen-bond donors (Lipinski definition) is 3. The number of H-pyrrole nitrogens is 1. The van der Waals surface area contributed by atoms with Crippen LogP contribution in [0.5, 0.6) is 5.75 Å². The molecule has 1 aromatic heterocycles. The van der Waals surface area contributed by atoms with Crippen molar-refractivity contribution in [1.82, 2.24) is 15.5 Å². The molecule has 0 aliphatic carbocycles. The van der Waals surface area contributed by atoms with Crippen LogP contribution in [0.4, 0.5) is 5.69 Å². The summed E-state index contributed by atoms with van der Waals surface area (Å²) in [5, 5.41) is 9.75. The molecular weight excluding hydrogens is 268 g/mol. The molecule has 0 saturated carbocycles. The number of methoxy groups -OCH3 is 1. The topological polar surface area (TPSA) is 93.0 Å². The van der Waals surface area contributed by atoms with Gasteiger partial charge >= 0.3 is 0 Å². The second-order valence-electron chi connectivity index (χ2n) is 4.81. The molecule has 2 rings (SSSR count). The SMILES string of the molecule is COc1c(N)cccc1C(=O)NCCCc1cn[nH]c1C. The first-order valence-electron chi connectivity index (χ1n) is 6.83. The van der Waals surface area contributed by atoms with E-state index in [2.05, 4.69) is 15.5 Å². The molecule has 0 atom stereocenters. The van der Waals surface area contributed by atoms with Crippen LogP contribution in [0.15, 0.2) is 24.4 Å². The number of aromatic amines is 1. The molecule has 0 aliphatic heterocycles. The fourth-order valence-electron chi connectivity index (χ4n) is 2.17. The third-order valence-electron chi connectivity index (χ3n) is 3.34. The van der Waals surface area contributed by atoms with Gasteiger partial charge in [0.2, 0.25) is 0 Å². The second kappa shape index (κ2) is 6.78. The number of nitrogen functional groups attached to an aromatic ring is 1. The highest BCUT2D eigenvalue weighted by atomic mass is 16.5. The number of anilines is 1. The smallest absolute Gasteiger partial charge is 0.255 e. The lowest BCUT2D eigenvalue weighted by atomic mass is 10.1. The molecule has 2 aromatic rings. The molecule has 0 bridgehead atoms. The average molecular weight is 288 g/mol. The molecule has 1 heterocycles. The van der Waals surface area contributed by atoms with Crippen molar-refractivity contribution in [2.45, 2.75) is 19.8 Å². The highest BCUT2D eigenvalue weighted by Crippen LogP contribution is 2.25. The zero-order valence-electron chi connectivity index (χ0n) is 12.3. The molecule has 0 fully saturated rings. The Bertz CT molecular complexity index is 622. The number of aryl methyl sites for hydroxylation is 2. The Morgan fingerprint density at radius 1 is 1.48 bits per heavy atom. The van der Waals surface area contributed by atoms with E-state index in [4.69, 9.17) is 10.5 Å². The maximum absolute atomic E-state index is 12.1. The maximum Gasteiger partial charge on any atom is 0.255 e. The Balaban J connectivity index is 1.88. The number of benzene rings is 1. The number of ether oxygens (including phenoxy) is 1. The Hall–Kier alpha value is -2.50. The normalized spacial score (nSPS) is 10.4. The van der Waals surface area contributed by atoms with E-state index in [0.29, 0.717) is 23.5 Å². The Morgan fingerprint density at radius 2 is 2.29 bits per heavy atom. The number of nitrogens with two attached hydrogens (primary N) is 1. The van der Waals surface area contributed by atoms with Gasteiger partial charge in [-0.1, -0.05) is 6.07 Å². The van der Waals surface area contributed by atoms with Crippen molar-refractivity contribution in [3.63, 3.8) is 0 Å². The standard InChI is InChI=1S/C15H20N4O2/c1-10-11(9-18-19-10)5-4-8-17-15(20)12-6-3-7-13(16)14(12)21-2/h3,6-7,9H,4-5,8,16H2,1-2H3,(H,17,20)(H,18,19). The summed E-state index contributed by atoms with van der Waals surface area (Å²) in [4.78, 5) is 12.1. The first kappa shape index (κ1) is 14.9. The lowest BCUT2D eigenvalue weighted by Crippen LogP contribution is -2.25. The van der Waals surface area contributed by atoms with Crippen LogP contribution in [-0.2, 0) is 6.42 Å². The van der Waals surface area contributed by atoms with Crippen molar-refractivity contribution in [2.24, 2.45) is 0 Å². The summed E-state index contributed by atoms with van der Waals surface area (Å²) in [6.45, 7) is 2.57. The van der Waals surface area contributed by atoms with Gasteiger partial charge in [0.25, 0.3) is 5.91 Å². The Kier molecular flexibility index (Phi) is 4.81. The Morgan fingerprint density at radius 3 is 2.95 bits per heavy atom. The van der Waals surface area contributed by atoms with Gasteiger partial charge in [0, 0.05) is 12.2 Å². The minimum Gasteiger partial charge on any atom is -0.494 e. The third-order valence-corrected chi connectivity index (χ3v) is 3.34. The first-order chi connectivity index (χ1) is 10.1. The molecule has 4 N–H and O–H groups in total. The minimum absolute atomic E-state index is 0.178. The highest BCUT2D eigenvalue weighted by molar-refractivity contribution is 5.98. The number of hydrogen-bond acceptors (Lipinski definition) is 4. The summed E-state index contributed by atoms with van der Waals surface area (Å²) >= 11 is 0. The lowest BCUT2D eigenvalue weighted by molar-refractivity contribution is 0.0950. The zero-order valence-corrected chi connectivity index (χ0v) is 12.3. The van der Waals surface area contributed by atoms with Crippen molar-refractivity contribution in [3.8, 4) is 5.75 Å². The summed E-state index contributed by atoms with van der Waals surface area (Å²) in [7, 11) is 1.50. The summed E-state index contributed by atoms with van der Waals surface area (Å²) in [6, 6.07) is 5.14. The van der Waals surface area contributed by atoms with Gasteiger partial charge in [0.05, 0.1) is 24.6 Å². The van der Waals surface area contributed by atoms with Crippen molar-refractivity contribution < 1.29 is 9.53 Å². The van der Waals surface area contributed by atoms with Crippen LogP contribution in [0.2, 0.25) is 0 Å². The fourth-order valence-corrected chi connectivity index (χ4v) is 2.17. The molecule has 0 unspecified atom stereocenters. The quantitative estimate of drug-likeness (QED) is 0.557. The molecule has 1 aromatic carbocycles. The van der Waals surface area contributed by atoms with Crippen molar-refractivity contribution in [1.29, 1.82) is 0 Å². The molecule has 6 heteroatoms. The van der Waals surface area contributed by atoms with Crippen LogP contribution in [0.25, 0.3) is 0 Å². The molecule has 0 aliphatic rings. The fraction of sp³-hybridized carbons (Fsp3) is 0.333. The number of rotatable bonds is 6. The van der Waals surface area contributed by atoms with E-state index in [9.17, 15) is 4.79 Å². The number of amides is 1. The number of carbonyl (C=O) groups is 1. The predicted molar refractivity (Wildman–Crippen MR) is 81.4 cm³/mol. The lowest BCUT2D eigenvalue weighted by Gasteiger charge is -2.11. The largest absolute Gasteiger partial charge is 0.494 e. The Labute approximate surface area is 123 Å². The van der Waals surface area contributed by atoms with E-state index in [1.165, 1.54) is 12.7 Å². The van der Waals surface area contributed by atoms with E-state index in [1.54, 1.807) is 18.2 Å². The number of nitrogens with zero attached hydrogens (tertiary/aromatic N) is 1. The number of aromatic nitrogens is 2. The molecule has 0 spiro atoms. The highest BCUT2D eigenvalue weighted by Gasteiger charge is 2.13. The van der Waals surface area contributed by atoms with Crippen LogP contribution >= 0.6 is 0 Å². The average Bonchev–Trinajstić information content (AvgIpc) is 2.88. The zero-order chi connectivity index (χ0) is 15.2. The van der Waals surface area contributed by atoms with E-state index in [1.807, 2.05) is 13.1 Å². The van der Waals surface area contributed by atoms with Gasteiger partial charge in [-0.2, -0.15) is 5.10 Å². The molecule has 112 valence electrons. The van der Waals surface area contributed by atoms with Crippen LogP contribution in [-0.4, -0.2) is 29.8 Å². The maximum atomic E-state index is 12.1. The van der Waals surface area contributed by atoms with Gasteiger partial charge in [0.1, 0.15) is 0 Å². The molecular formula is C15H20N4O2. The summed E-state index contributed by atoms with van der Waals surface area (Å²) in [6.07, 6.45) is 3.53. The van der Waals surface area contributed by atoms with E-state index >= 15 is 0 Å². The van der Waals surface area contributed by atoms with Crippen LogP contribution in [0.1, 0.15) is 28.0 Å². The van der Waals surface area contributed by atoms with Crippen molar-refractivity contribution in [3.05, 3.63) is 41.2 Å². The summed E-state index contributed by atoms with van der Waals surface area (Å²) in [5.41, 5.74) is 8.94. The number of para-hydroxylation sites is 1. The number of carbonyl (C=O) groups excluding carboxylic acids is 1. The third kappa shape index (κ3) is 3.53. The van der Waals surface area contributed by atoms with Gasteiger partial charge in [-0.05, 0) is 37.5 Å². The minimum atomic E-state index is -0.178. The van der Waals surface area contributed by atoms with Gasteiger partial charge in [-0.25, -0.2) is 0 Å². The van der Waals surface area contributed by atoms with Gasteiger partial charge in [-0.3, -0.25) is 9.89 Å². The first-order valence-corrected chi connectivity index (χ1v) is 6.83. The number of nitrogens with one attached hydrogen (secondary N) is 2. The van der Waals surface area contributed by atoms with Gasteiger partial charge in [0.15, 0.2) is 5.75 Å². The predicted octanol–water partition coefficient (Wildman–Crippen LogP) is 1.67. The summed E-state index contributed by atoms with van der Waals surface area (Å²) < 4.78 is 5.18. The molecule has 0 saturated heterocycles. The molecule has 6 nitrogen and oxygen atoms in total. The monoisotopic (exact) mass is 288 g/mol. The molecule has 21 heavy (non-hydrogen) atoms. The molecule has 0 radical (unpaired) electrons. The van der Waals surface area contributed by atoms with Crippen molar-refractivity contribution >= 4 is 11.6 Å². The van der Waals surface area contributed by atoms with E-state index in [0.717, 1.165) is 18.5 Å².